The number of benzene rings is 3. The standard InChI is InChI=1S/C32H30N2O/c1-3-4-10-23-15-18-26(19-16-23)34-29-20-17-24-11-8-9-14-27(24)28(29)21-30(34)31-22(2)35-33-32(31)25-12-6-5-7-13-25/h5-9,11-16,18-19,21H,3-4,10,17,20H2,1-2H3. The van der Waals surface area contributed by atoms with E-state index in [0.29, 0.717) is 0 Å². The average Bonchev–Trinajstić information content (AvgIpc) is 3.48. The molecule has 0 aliphatic heterocycles. The van der Waals surface area contributed by atoms with E-state index in [1.54, 1.807) is 0 Å². The van der Waals surface area contributed by atoms with Crippen LogP contribution in [-0.4, -0.2) is 9.72 Å². The van der Waals surface area contributed by atoms with Crippen LogP contribution in [0.5, 0.6) is 0 Å². The van der Waals surface area contributed by atoms with Gasteiger partial charge in [-0.2, -0.15) is 0 Å². The van der Waals surface area contributed by atoms with Gasteiger partial charge in [-0.3, -0.25) is 0 Å². The fourth-order valence-electron chi connectivity index (χ4n) is 5.42. The number of hydrogen-bond donors (Lipinski definition) is 0. The number of hydrogen-bond acceptors (Lipinski definition) is 2. The van der Waals surface area contributed by atoms with Gasteiger partial charge in [0.05, 0.1) is 11.3 Å². The van der Waals surface area contributed by atoms with Crippen LogP contribution in [-0.2, 0) is 19.3 Å². The lowest BCUT2D eigenvalue weighted by atomic mass is 9.89. The van der Waals surface area contributed by atoms with Crippen molar-refractivity contribution in [2.45, 2.75) is 46.0 Å². The third-order valence-corrected chi connectivity index (χ3v) is 7.22. The van der Waals surface area contributed by atoms with Crippen molar-refractivity contribution in [2.24, 2.45) is 0 Å². The smallest absolute Gasteiger partial charge is 0.143 e. The summed E-state index contributed by atoms with van der Waals surface area (Å²) in [5, 5.41) is 4.51. The molecular weight excluding hydrogens is 428 g/mol. The van der Waals surface area contributed by atoms with Crippen molar-refractivity contribution in [3.8, 4) is 39.3 Å². The summed E-state index contributed by atoms with van der Waals surface area (Å²) >= 11 is 0. The predicted molar refractivity (Wildman–Crippen MR) is 143 cm³/mol. The second kappa shape index (κ2) is 9.07. The summed E-state index contributed by atoms with van der Waals surface area (Å²) < 4.78 is 8.24. The molecule has 3 nitrogen and oxygen atoms in total. The van der Waals surface area contributed by atoms with E-state index in [-0.39, 0.29) is 0 Å². The van der Waals surface area contributed by atoms with Gasteiger partial charge in [0.2, 0.25) is 0 Å². The third kappa shape index (κ3) is 3.81. The van der Waals surface area contributed by atoms with Gasteiger partial charge in [0, 0.05) is 22.5 Å². The number of aromatic nitrogens is 2. The van der Waals surface area contributed by atoms with Crippen LogP contribution in [0.1, 0.15) is 42.3 Å². The molecule has 0 radical (unpaired) electrons. The Morgan fingerprint density at radius 2 is 1.63 bits per heavy atom. The first-order chi connectivity index (χ1) is 17.2. The maximum absolute atomic E-state index is 5.80. The van der Waals surface area contributed by atoms with E-state index < -0.39 is 0 Å². The van der Waals surface area contributed by atoms with E-state index in [0.717, 1.165) is 47.5 Å². The Balaban J connectivity index is 1.58. The molecule has 174 valence electrons. The number of rotatable bonds is 6. The van der Waals surface area contributed by atoms with Crippen LogP contribution in [0.4, 0.5) is 0 Å². The molecule has 0 atom stereocenters. The van der Waals surface area contributed by atoms with Crippen LogP contribution in [0, 0.1) is 6.92 Å². The van der Waals surface area contributed by atoms with Gasteiger partial charge in [0.25, 0.3) is 0 Å². The molecule has 0 amide bonds. The van der Waals surface area contributed by atoms with E-state index >= 15 is 0 Å². The molecule has 1 aliphatic rings. The lowest BCUT2D eigenvalue weighted by Crippen LogP contribution is -2.09. The Kier molecular flexibility index (Phi) is 5.61. The molecule has 0 saturated heterocycles. The van der Waals surface area contributed by atoms with Crippen LogP contribution < -0.4 is 0 Å². The van der Waals surface area contributed by atoms with Crippen molar-refractivity contribution >= 4 is 0 Å². The van der Waals surface area contributed by atoms with Gasteiger partial charge in [-0.15, -0.1) is 0 Å². The summed E-state index contributed by atoms with van der Waals surface area (Å²) in [5.41, 5.74) is 12.2. The van der Waals surface area contributed by atoms with Crippen molar-refractivity contribution < 1.29 is 4.52 Å². The van der Waals surface area contributed by atoms with Crippen LogP contribution >= 0.6 is 0 Å². The Morgan fingerprint density at radius 1 is 0.857 bits per heavy atom. The number of unbranched alkanes of at least 4 members (excludes halogenated alkanes) is 1. The molecule has 0 fully saturated rings. The molecule has 2 heterocycles. The minimum atomic E-state index is 0.841. The Morgan fingerprint density at radius 3 is 2.43 bits per heavy atom. The van der Waals surface area contributed by atoms with Crippen LogP contribution in [0.25, 0.3) is 39.3 Å². The van der Waals surface area contributed by atoms with Crippen LogP contribution in [0.3, 0.4) is 0 Å². The monoisotopic (exact) mass is 458 g/mol. The van der Waals surface area contributed by atoms with Crippen molar-refractivity contribution in [1.82, 2.24) is 9.72 Å². The van der Waals surface area contributed by atoms with E-state index in [9.17, 15) is 0 Å². The molecule has 3 heteroatoms. The molecule has 0 unspecified atom stereocenters. The zero-order chi connectivity index (χ0) is 23.8. The van der Waals surface area contributed by atoms with Crippen molar-refractivity contribution in [1.29, 1.82) is 0 Å². The van der Waals surface area contributed by atoms with E-state index in [1.807, 2.05) is 13.0 Å². The van der Waals surface area contributed by atoms with E-state index in [4.69, 9.17) is 4.52 Å². The van der Waals surface area contributed by atoms with Crippen molar-refractivity contribution in [3.05, 3.63) is 108 Å². The first-order valence-corrected chi connectivity index (χ1v) is 12.7. The summed E-state index contributed by atoms with van der Waals surface area (Å²) in [7, 11) is 0. The average molecular weight is 459 g/mol. The van der Waals surface area contributed by atoms with Gasteiger partial charge in [-0.25, -0.2) is 0 Å². The normalized spacial score (nSPS) is 12.4. The minimum absolute atomic E-state index is 0.841. The number of nitrogens with zero attached hydrogens (tertiary/aromatic N) is 2. The topological polar surface area (TPSA) is 31.0 Å². The highest BCUT2D eigenvalue weighted by atomic mass is 16.5. The zero-order valence-corrected chi connectivity index (χ0v) is 20.4. The second-order valence-corrected chi connectivity index (χ2v) is 9.48. The molecule has 0 saturated carbocycles. The molecule has 0 spiro atoms. The largest absolute Gasteiger partial charge is 0.360 e. The lowest BCUT2D eigenvalue weighted by Gasteiger charge is -2.20. The molecule has 5 aromatic rings. The van der Waals surface area contributed by atoms with Crippen molar-refractivity contribution in [3.63, 3.8) is 0 Å². The summed E-state index contributed by atoms with van der Waals surface area (Å²) in [6.45, 7) is 4.27. The quantitative estimate of drug-likeness (QED) is 0.257. The summed E-state index contributed by atoms with van der Waals surface area (Å²) in [6.07, 6.45) is 5.63. The minimum Gasteiger partial charge on any atom is -0.360 e. The highest BCUT2D eigenvalue weighted by Gasteiger charge is 2.27. The Hall–Kier alpha value is -3.85. The number of aryl methyl sites for hydroxylation is 3. The van der Waals surface area contributed by atoms with Gasteiger partial charge >= 0.3 is 0 Å². The van der Waals surface area contributed by atoms with Gasteiger partial charge in [-0.1, -0.05) is 85.2 Å². The second-order valence-electron chi connectivity index (χ2n) is 9.48. The molecule has 35 heavy (non-hydrogen) atoms. The molecule has 3 aromatic carbocycles. The molecule has 1 aliphatic carbocycles. The fourth-order valence-corrected chi connectivity index (χ4v) is 5.42. The Labute approximate surface area is 207 Å². The summed E-state index contributed by atoms with van der Waals surface area (Å²) in [6, 6.07) is 30.6. The van der Waals surface area contributed by atoms with E-state index in [1.165, 1.54) is 46.5 Å². The van der Waals surface area contributed by atoms with Crippen LogP contribution in [0.15, 0.2) is 89.5 Å². The SMILES string of the molecule is CCCCc1ccc(-n2c(-c3c(-c4ccccc4)noc3C)cc3c2CCc2ccccc2-3)cc1. The maximum atomic E-state index is 5.80. The van der Waals surface area contributed by atoms with Gasteiger partial charge in [-0.05, 0) is 67.5 Å². The van der Waals surface area contributed by atoms with Gasteiger partial charge < -0.3 is 9.09 Å². The molecule has 0 N–H and O–H groups in total. The maximum Gasteiger partial charge on any atom is 0.143 e. The van der Waals surface area contributed by atoms with E-state index in [2.05, 4.69) is 95.5 Å². The highest BCUT2D eigenvalue weighted by molar-refractivity contribution is 5.86. The fraction of sp³-hybridized carbons (Fsp3) is 0.219. The van der Waals surface area contributed by atoms with Crippen LogP contribution in [0.2, 0.25) is 0 Å². The summed E-state index contributed by atoms with van der Waals surface area (Å²) in [4.78, 5) is 0. The molecular formula is C32H30N2O. The zero-order valence-electron chi connectivity index (χ0n) is 20.4. The molecule has 0 bridgehead atoms. The Bertz CT molecular complexity index is 1470. The molecule has 6 rings (SSSR count). The van der Waals surface area contributed by atoms with Crippen molar-refractivity contribution in [2.75, 3.05) is 0 Å². The van der Waals surface area contributed by atoms with Gasteiger partial charge in [0.15, 0.2) is 0 Å². The molecule has 2 aromatic heterocycles. The number of fused-ring (bicyclic) bond motifs is 3. The first kappa shape index (κ1) is 21.7. The summed E-state index contributed by atoms with van der Waals surface area (Å²) in [5.74, 6) is 0.841. The van der Waals surface area contributed by atoms with Gasteiger partial charge in [0.1, 0.15) is 11.5 Å². The third-order valence-electron chi connectivity index (χ3n) is 7.22. The lowest BCUT2D eigenvalue weighted by molar-refractivity contribution is 0.400. The highest BCUT2D eigenvalue weighted by Crippen LogP contribution is 2.43. The first-order valence-electron chi connectivity index (χ1n) is 12.7. The predicted octanol–water partition coefficient (Wildman–Crippen LogP) is 8.22.